The van der Waals surface area contributed by atoms with Crippen LogP contribution >= 0.6 is 0 Å². The maximum absolute atomic E-state index is 3.14. The second kappa shape index (κ2) is 3.51. The van der Waals surface area contributed by atoms with Crippen molar-refractivity contribution in [2.24, 2.45) is 0 Å². The van der Waals surface area contributed by atoms with Gasteiger partial charge in [-0.25, -0.2) is 0 Å². The predicted octanol–water partition coefficient (Wildman–Crippen LogP) is -1.37. The molecule has 0 fully saturated rings. The lowest BCUT2D eigenvalue weighted by atomic mass is 10.2. The molecule has 0 aromatic heterocycles. The summed E-state index contributed by atoms with van der Waals surface area (Å²) in [5.41, 5.74) is 1.16. The van der Waals surface area contributed by atoms with E-state index in [1.165, 1.54) is 0 Å². The lowest BCUT2D eigenvalue weighted by Crippen LogP contribution is -3.00. The summed E-state index contributed by atoms with van der Waals surface area (Å²) in [5.74, 6) is 0. The van der Waals surface area contributed by atoms with Crippen LogP contribution < -0.4 is 17.0 Å². The highest BCUT2D eigenvalue weighted by molar-refractivity contribution is 5.30. The quantitative estimate of drug-likeness (QED) is 0.446. The molecule has 0 saturated carbocycles. The second-order valence-corrected chi connectivity index (χ2v) is 2.28. The van der Waals surface area contributed by atoms with Crippen molar-refractivity contribution in [3.8, 4) is 0 Å². The molecule has 0 spiro atoms. The zero-order chi connectivity index (χ0) is 6.81. The Bertz CT molecular complexity index is 248. The van der Waals surface area contributed by atoms with Crippen LogP contribution in [0, 0.1) is 6.08 Å². The Balaban J connectivity index is 0.000000605. The molecule has 2 rings (SSSR count). The van der Waals surface area contributed by atoms with Gasteiger partial charge in [0.15, 0.2) is 0 Å². The summed E-state index contributed by atoms with van der Waals surface area (Å²) in [6.07, 6.45) is 15.4. The summed E-state index contributed by atoms with van der Waals surface area (Å²) in [6.45, 7) is 0.975. The Hall–Kier alpha value is -0.850. The van der Waals surface area contributed by atoms with E-state index >= 15 is 0 Å². The van der Waals surface area contributed by atoms with Crippen LogP contribution in [0.2, 0.25) is 0 Å². The van der Waals surface area contributed by atoms with E-state index in [0.29, 0.717) is 0 Å². The van der Waals surface area contributed by atoms with Crippen molar-refractivity contribution in [3.05, 3.63) is 48.4 Å². The summed E-state index contributed by atoms with van der Waals surface area (Å²) in [4.78, 5) is 2.15. The normalized spacial score (nSPS) is 18.2. The van der Waals surface area contributed by atoms with Gasteiger partial charge in [0.25, 0.3) is 0 Å². The molecule has 2 aliphatic heterocycles. The van der Waals surface area contributed by atoms with Crippen LogP contribution in [0.1, 0.15) is 0 Å². The lowest BCUT2D eigenvalue weighted by Gasteiger charge is -2.16. The van der Waals surface area contributed by atoms with Crippen LogP contribution in [0.4, 0.5) is 0 Å². The molecule has 2 aliphatic rings. The highest BCUT2D eigenvalue weighted by Gasteiger charge is 2.13. The molecule has 0 amide bonds. The zero-order valence-electron chi connectivity index (χ0n) is 6.00. The molecule has 2 heterocycles. The van der Waals surface area contributed by atoms with Gasteiger partial charge in [-0.3, -0.25) is 0 Å². The number of halogens is 1. The van der Waals surface area contributed by atoms with Crippen molar-refractivity contribution in [2.45, 2.75) is 0 Å². The Morgan fingerprint density at radius 2 is 2.27 bits per heavy atom. The minimum absolute atomic E-state index is 0. The lowest BCUT2D eigenvalue weighted by molar-refractivity contribution is -0.00000195. The van der Waals surface area contributed by atoms with Gasteiger partial charge >= 0.3 is 0 Å². The highest BCUT2D eigenvalue weighted by atomic mass is 79.9. The number of hydrogen-bond donors (Lipinski definition) is 0. The van der Waals surface area contributed by atoms with Gasteiger partial charge in [-0.2, -0.15) is 0 Å². The maximum Gasteiger partial charge on any atom is 0.209 e. The first-order chi connectivity index (χ1) is 4.97. The van der Waals surface area contributed by atoms with Crippen molar-refractivity contribution in [1.82, 2.24) is 4.90 Å². The third kappa shape index (κ3) is 1.59. The Labute approximate surface area is 77.2 Å². The Morgan fingerprint density at radius 1 is 1.36 bits per heavy atom. The van der Waals surface area contributed by atoms with Crippen molar-refractivity contribution < 1.29 is 17.0 Å². The number of fused-ring (bicyclic) bond motifs is 1. The van der Waals surface area contributed by atoms with E-state index < -0.39 is 0 Å². The van der Waals surface area contributed by atoms with Gasteiger partial charge in [-0.15, -0.1) is 0 Å². The summed E-state index contributed by atoms with van der Waals surface area (Å²) in [7, 11) is 0. The standard InChI is InChI=1S/C9H8N.BrH/c1-3-7-10-8-4-2-6-9(10)5-1;/h1-5,7H,8H2;1H/q+1;/p-1. The SMILES string of the molecule is [Br-].[C+]1=C2C=CC=CN2CC=C1. The first-order valence-corrected chi connectivity index (χ1v) is 3.37. The third-order valence-electron chi connectivity index (χ3n) is 1.59. The first kappa shape index (κ1) is 8.25. The molecule has 0 N–H and O–H groups in total. The molecule has 56 valence electrons. The fraction of sp³-hybridized carbons (Fsp3) is 0.111. The largest absolute Gasteiger partial charge is 1.00 e. The summed E-state index contributed by atoms with van der Waals surface area (Å²) in [6, 6.07) is 0. The highest BCUT2D eigenvalue weighted by Crippen LogP contribution is 2.14. The molecule has 0 aromatic carbocycles. The first-order valence-electron chi connectivity index (χ1n) is 3.37. The van der Waals surface area contributed by atoms with E-state index in [9.17, 15) is 0 Å². The minimum atomic E-state index is 0. The van der Waals surface area contributed by atoms with E-state index in [-0.39, 0.29) is 17.0 Å². The van der Waals surface area contributed by atoms with Gasteiger partial charge in [0.2, 0.25) is 5.70 Å². The van der Waals surface area contributed by atoms with Gasteiger partial charge in [0.05, 0.1) is 18.7 Å². The van der Waals surface area contributed by atoms with Gasteiger partial charge < -0.3 is 21.9 Å². The van der Waals surface area contributed by atoms with Crippen molar-refractivity contribution in [3.63, 3.8) is 0 Å². The predicted molar refractivity (Wildman–Crippen MR) is 40.9 cm³/mol. The van der Waals surface area contributed by atoms with Crippen LogP contribution in [0.5, 0.6) is 0 Å². The fourth-order valence-corrected chi connectivity index (χ4v) is 1.08. The van der Waals surface area contributed by atoms with Gasteiger partial charge in [0, 0.05) is 12.3 Å². The fourth-order valence-electron chi connectivity index (χ4n) is 1.08. The van der Waals surface area contributed by atoms with Crippen LogP contribution in [-0.4, -0.2) is 11.4 Å². The zero-order valence-corrected chi connectivity index (χ0v) is 7.58. The van der Waals surface area contributed by atoms with E-state index in [1.807, 2.05) is 18.2 Å². The Kier molecular flexibility index (Phi) is 2.64. The van der Waals surface area contributed by atoms with E-state index in [4.69, 9.17) is 0 Å². The smallest absolute Gasteiger partial charge is 0.209 e. The second-order valence-electron chi connectivity index (χ2n) is 2.28. The number of rotatable bonds is 0. The average molecular weight is 210 g/mol. The Morgan fingerprint density at radius 3 is 3.09 bits per heavy atom. The van der Waals surface area contributed by atoms with Crippen molar-refractivity contribution in [1.29, 1.82) is 0 Å². The van der Waals surface area contributed by atoms with Gasteiger partial charge in [-0.1, -0.05) is 0 Å². The van der Waals surface area contributed by atoms with E-state index in [1.54, 1.807) is 0 Å². The monoisotopic (exact) mass is 209 g/mol. The molecule has 11 heavy (non-hydrogen) atoms. The van der Waals surface area contributed by atoms with Crippen molar-refractivity contribution >= 4 is 0 Å². The molecule has 0 radical (unpaired) electrons. The third-order valence-corrected chi connectivity index (χ3v) is 1.59. The van der Waals surface area contributed by atoms with Gasteiger partial charge in [-0.05, 0) is 12.2 Å². The molecule has 0 unspecified atom stereocenters. The summed E-state index contributed by atoms with van der Waals surface area (Å²) >= 11 is 0. The molecular weight excluding hydrogens is 202 g/mol. The molecule has 0 aliphatic carbocycles. The molecule has 0 saturated heterocycles. The average Bonchev–Trinajstić information content (AvgIpc) is 2.05. The molecule has 0 bridgehead atoms. The molecule has 0 atom stereocenters. The van der Waals surface area contributed by atoms with Crippen LogP contribution in [0.3, 0.4) is 0 Å². The summed E-state index contributed by atoms with van der Waals surface area (Å²) in [5, 5.41) is 0. The summed E-state index contributed by atoms with van der Waals surface area (Å²) < 4.78 is 0. The number of allylic oxidation sites excluding steroid dienone is 5. The molecule has 1 nitrogen and oxygen atoms in total. The van der Waals surface area contributed by atoms with Crippen molar-refractivity contribution in [2.75, 3.05) is 6.54 Å². The maximum atomic E-state index is 3.14. The van der Waals surface area contributed by atoms with Crippen LogP contribution in [-0.2, 0) is 0 Å². The molecular formula is C9H8BrN. The van der Waals surface area contributed by atoms with Gasteiger partial charge in [0.1, 0.15) is 6.08 Å². The van der Waals surface area contributed by atoms with E-state index in [0.717, 1.165) is 12.2 Å². The number of hydrogen-bond acceptors (Lipinski definition) is 1. The van der Waals surface area contributed by atoms with Crippen LogP contribution in [0.15, 0.2) is 42.3 Å². The topological polar surface area (TPSA) is 3.24 Å². The minimum Gasteiger partial charge on any atom is -1.00 e. The van der Waals surface area contributed by atoms with E-state index in [2.05, 4.69) is 29.3 Å². The molecule has 0 aromatic rings. The number of nitrogens with zero attached hydrogens (tertiary/aromatic N) is 1. The van der Waals surface area contributed by atoms with Crippen LogP contribution in [0.25, 0.3) is 0 Å². The molecule has 2 heteroatoms.